The second kappa shape index (κ2) is 8.66. The lowest BCUT2D eigenvalue weighted by molar-refractivity contribution is -0.0148. The van der Waals surface area contributed by atoms with Gasteiger partial charge in [-0.3, -0.25) is 16.1 Å². The van der Waals surface area contributed by atoms with E-state index in [1.54, 1.807) is 12.1 Å². The van der Waals surface area contributed by atoms with Gasteiger partial charge in [-0.15, -0.1) is 0 Å². The molecule has 3 rings (SSSR count). The number of anilines is 1. The van der Waals surface area contributed by atoms with E-state index in [4.69, 9.17) is 34.3 Å². The Balaban J connectivity index is 1.64. The lowest BCUT2D eigenvalue weighted by Gasteiger charge is -2.41. The highest BCUT2D eigenvalue weighted by molar-refractivity contribution is 6.35. The minimum atomic E-state index is -0.217. The highest BCUT2D eigenvalue weighted by atomic mass is 35.5. The third kappa shape index (κ3) is 4.44. The standard InChI is InChI=1S/C17H19Cl2N7/c18-15-2-1-3-16(19)14(15)9-25-10-22-17(26(11-25)24-21)23-13-6-4-12(8-20)5-7-13/h1-7,17,22-24H,9-11,21H2. The summed E-state index contributed by atoms with van der Waals surface area (Å²) in [6, 6.07) is 14.8. The van der Waals surface area contributed by atoms with Crippen LogP contribution in [0.3, 0.4) is 0 Å². The first-order valence-corrected chi connectivity index (χ1v) is 8.74. The van der Waals surface area contributed by atoms with Gasteiger partial charge in [0.05, 0.1) is 25.0 Å². The van der Waals surface area contributed by atoms with Gasteiger partial charge in [-0.25, -0.2) is 0 Å². The molecule has 7 nitrogen and oxygen atoms in total. The van der Waals surface area contributed by atoms with Crippen molar-refractivity contribution in [1.82, 2.24) is 20.8 Å². The van der Waals surface area contributed by atoms with E-state index in [1.165, 1.54) is 0 Å². The number of nitrogens with zero attached hydrogens (tertiary/aromatic N) is 3. The lowest BCUT2D eigenvalue weighted by atomic mass is 10.2. The van der Waals surface area contributed by atoms with E-state index in [9.17, 15) is 0 Å². The molecule has 0 amide bonds. The second-order valence-electron chi connectivity index (χ2n) is 5.87. The molecule has 1 unspecified atom stereocenters. The van der Waals surface area contributed by atoms with E-state index in [0.717, 1.165) is 11.3 Å². The third-order valence-electron chi connectivity index (χ3n) is 4.10. The number of hydrogen-bond donors (Lipinski definition) is 4. The first-order chi connectivity index (χ1) is 12.6. The molecule has 26 heavy (non-hydrogen) atoms. The van der Waals surface area contributed by atoms with Crippen molar-refractivity contribution in [3.8, 4) is 6.07 Å². The van der Waals surface area contributed by atoms with Crippen LogP contribution in [0.25, 0.3) is 0 Å². The summed E-state index contributed by atoms with van der Waals surface area (Å²) in [5.74, 6) is 5.68. The van der Waals surface area contributed by atoms with Crippen LogP contribution in [-0.2, 0) is 6.54 Å². The van der Waals surface area contributed by atoms with Crippen LogP contribution in [0.15, 0.2) is 42.5 Å². The zero-order valence-electron chi connectivity index (χ0n) is 13.9. The van der Waals surface area contributed by atoms with Crippen molar-refractivity contribution in [3.63, 3.8) is 0 Å². The molecule has 0 radical (unpaired) electrons. The van der Waals surface area contributed by atoms with Crippen molar-refractivity contribution in [1.29, 1.82) is 5.26 Å². The van der Waals surface area contributed by atoms with Crippen LogP contribution in [0.2, 0.25) is 10.0 Å². The Hall–Kier alpha value is -1.89. The molecule has 2 aromatic carbocycles. The number of nitrogens with two attached hydrogens (primary N) is 1. The van der Waals surface area contributed by atoms with Crippen LogP contribution in [-0.4, -0.2) is 29.5 Å². The molecule has 0 aromatic heterocycles. The van der Waals surface area contributed by atoms with Crippen molar-refractivity contribution >= 4 is 28.9 Å². The summed E-state index contributed by atoms with van der Waals surface area (Å²) in [6.07, 6.45) is -0.217. The number of hydrogen-bond acceptors (Lipinski definition) is 7. The molecule has 5 N–H and O–H groups in total. The van der Waals surface area contributed by atoms with Gasteiger partial charge in [-0.05, 0) is 36.4 Å². The molecule has 1 saturated heterocycles. The molecule has 0 aliphatic carbocycles. The third-order valence-corrected chi connectivity index (χ3v) is 4.81. The summed E-state index contributed by atoms with van der Waals surface area (Å²) in [7, 11) is 0. The molecule has 1 aliphatic rings. The Morgan fingerprint density at radius 2 is 1.88 bits per heavy atom. The molecular formula is C17H19Cl2N7. The molecule has 1 heterocycles. The summed E-state index contributed by atoms with van der Waals surface area (Å²) in [6.45, 7) is 1.76. The van der Waals surface area contributed by atoms with Gasteiger partial charge in [0.25, 0.3) is 0 Å². The summed E-state index contributed by atoms with van der Waals surface area (Å²) < 4.78 is 0. The Kier molecular flexibility index (Phi) is 6.29. The molecule has 9 heteroatoms. The largest absolute Gasteiger partial charge is 0.356 e. The molecule has 0 saturated carbocycles. The fourth-order valence-electron chi connectivity index (χ4n) is 2.73. The highest BCUT2D eigenvalue weighted by Gasteiger charge is 2.26. The minimum Gasteiger partial charge on any atom is -0.356 e. The SMILES string of the molecule is N#Cc1ccc(NC2NCN(Cc3c(Cl)cccc3Cl)CN2NN)cc1. The monoisotopic (exact) mass is 391 g/mol. The molecule has 1 aliphatic heterocycles. The molecule has 2 aromatic rings. The van der Waals surface area contributed by atoms with E-state index in [2.05, 4.69) is 27.1 Å². The smallest absolute Gasteiger partial charge is 0.151 e. The Morgan fingerprint density at radius 1 is 1.19 bits per heavy atom. The molecular weight excluding hydrogens is 373 g/mol. The molecule has 136 valence electrons. The van der Waals surface area contributed by atoms with Crippen LogP contribution in [0.4, 0.5) is 5.69 Å². The van der Waals surface area contributed by atoms with E-state index in [0.29, 0.717) is 35.5 Å². The van der Waals surface area contributed by atoms with E-state index in [-0.39, 0.29) is 6.29 Å². The van der Waals surface area contributed by atoms with Crippen LogP contribution in [0, 0.1) is 11.3 Å². The number of benzene rings is 2. The topological polar surface area (TPSA) is 92.4 Å². The number of rotatable bonds is 5. The maximum Gasteiger partial charge on any atom is 0.151 e. The summed E-state index contributed by atoms with van der Waals surface area (Å²) in [5.41, 5.74) is 5.07. The Bertz CT molecular complexity index is 770. The van der Waals surface area contributed by atoms with Crippen molar-refractivity contribution in [3.05, 3.63) is 63.6 Å². The van der Waals surface area contributed by atoms with Crippen LogP contribution in [0.1, 0.15) is 11.1 Å². The number of nitrogens with one attached hydrogen (secondary N) is 3. The van der Waals surface area contributed by atoms with Gasteiger partial charge in [0.1, 0.15) is 0 Å². The number of halogens is 2. The van der Waals surface area contributed by atoms with Crippen molar-refractivity contribution < 1.29 is 0 Å². The maximum absolute atomic E-state index is 8.88. The van der Waals surface area contributed by atoms with Gasteiger partial charge in [-0.2, -0.15) is 15.8 Å². The maximum atomic E-state index is 8.88. The quantitative estimate of drug-likeness (QED) is 0.458. The summed E-state index contributed by atoms with van der Waals surface area (Å²) >= 11 is 12.5. The molecule has 0 bridgehead atoms. The van der Waals surface area contributed by atoms with Gasteiger partial charge in [0, 0.05) is 27.8 Å². The van der Waals surface area contributed by atoms with Gasteiger partial charge in [0.15, 0.2) is 6.29 Å². The second-order valence-corrected chi connectivity index (χ2v) is 6.68. The van der Waals surface area contributed by atoms with Crippen LogP contribution < -0.4 is 22.0 Å². The van der Waals surface area contributed by atoms with Gasteiger partial charge in [-0.1, -0.05) is 29.3 Å². The van der Waals surface area contributed by atoms with Crippen molar-refractivity contribution in [2.75, 3.05) is 18.7 Å². The zero-order chi connectivity index (χ0) is 18.5. The molecule has 0 spiro atoms. The normalized spacial score (nSPS) is 18.5. The summed E-state index contributed by atoms with van der Waals surface area (Å²) in [5, 5.41) is 18.6. The fourth-order valence-corrected chi connectivity index (χ4v) is 3.25. The fraction of sp³-hybridized carbons (Fsp3) is 0.235. The predicted octanol–water partition coefficient (Wildman–Crippen LogP) is 2.26. The van der Waals surface area contributed by atoms with Gasteiger partial charge < -0.3 is 5.32 Å². The average molecular weight is 392 g/mol. The van der Waals surface area contributed by atoms with Crippen molar-refractivity contribution in [2.45, 2.75) is 12.8 Å². The molecule has 1 atom stereocenters. The average Bonchev–Trinajstić information content (AvgIpc) is 2.66. The van der Waals surface area contributed by atoms with Gasteiger partial charge >= 0.3 is 0 Å². The van der Waals surface area contributed by atoms with E-state index in [1.807, 2.05) is 35.3 Å². The Labute approximate surface area is 162 Å². The number of hydrazine groups is 2. The zero-order valence-corrected chi connectivity index (χ0v) is 15.4. The van der Waals surface area contributed by atoms with E-state index < -0.39 is 0 Å². The number of nitriles is 1. The first kappa shape index (κ1) is 18.9. The summed E-state index contributed by atoms with van der Waals surface area (Å²) in [4.78, 5) is 2.11. The predicted molar refractivity (Wildman–Crippen MR) is 103 cm³/mol. The van der Waals surface area contributed by atoms with Crippen LogP contribution >= 0.6 is 23.2 Å². The van der Waals surface area contributed by atoms with E-state index >= 15 is 0 Å². The lowest BCUT2D eigenvalue weighted by Crippen LogP contribution is -2.67. The van der Waals surface area contributed by atoms with Crippen LogP contribution in [0.5, 0.6) is 0 Å². The first-order valence-electron chi connectivity index (χ1n) is 7.99. The minimum absolute atomic E-state index is 0.217. The molecule has 1 fully saturated rings. The van der Waals surface area contributed by atoms with Gasteiger partial charge in [0.2, 0.25) is 0 Å². The highest BCUT2D eigenvalue weighted by Crippen LogP contribution is 2.26. The Morgan fingerprint density at radius 3 is 2.50 bits per heavy atom. The van der Waals surface area contributed by atoms with Crippen molar-refractivity contribution in [2.24, 2.45) is 5.84 Å².